The van der Waals surface area contributed by atoms with Crippen molar-refractivity contribution in [1.82, 2.24) is 5.32 Å². The van der Waals surface area contributed by atoms with E-state index < -0.39 is 15.9 Å². The predicted octanol–water partition coefficient (Wildman–Crippen LogP) is 3.38. The highest BCUT2D eigenvalue weighted by Gasteiger charge is 2.18. The lowest BCUT2D eigenvalue weighted by Gasteiger charge is -2.13. The fourth-order valence-corrected chi connectivity index (χ4v) is 3.85. The summed E-state index contributed by atoms with van der Waals surface area (Å²) in [6, 6.07) is 21.6. The molecule has 3 aromatic rings. The lowest BCUT2D eigenvalue weighted by Crippen LogP contribution is -2.25. The van der Waals surface area contributed by atoms with Gasteiger partial charge in [0.25, 0.3) is 15.9 Å². The Morgan fingerprint density at radius 1 is 0.833 bits per heavy atom. The molecule has 0 spiro atoms. The first-order chi connectivity index (χ1) is 14.3. The van der Waals surface area contributed by atoms with E-state index in [4.69, 9.17) is 0 Å². The Morgan fingerprint density at radius 2 is 1.47 bits per heavy atom. The van der Waals surface area contributed by atoms with Crippen molar-refractivity contribution in [3.8, 4) is 0 Å². The molecule has 0 heterocycles. The van der Waals surface area contributed by atoms with Crippen molar-refractivity contribution < 1.29 is 18.0 Å². The van der Waals surface area contributed by atoms with Gasteiger partial charge in [-0.3, -0.25) is 14.3 Å². The quantitative estimate of drug-likeness (QED) is 0.542. The lowest BCUT2D eigenvalue weighted by molar-refractivity contribution is -0.114. The molecule has 7 nitrogen and oxygen atoms in total. The Morgan fingerprint density at radius 3 is 2.13 bits per heavy atom. The second kappa shape index (κ2) is 9.23. The molecule has 0 saturated carbocycles. The zero-order chi connectivity index (χ0) is 21.6. The zero-order valence-electron chi connectivity index (χ0n) is 16.3. The lowest BCUT2D eigenvalue weighted by atomic mass is 10.1. The molecule has 154 valence electrons. The Balaban J connectivity index is 1.76. The summed E-state index contributed by atoms with van der Waals surface area (Å²) in [7, 11) is -3.92. The second-order valence-corrected chi connectivity index (χ2v) is 8.21. The standard InChI is InChI=1S/C22H21N3O4S/c1-16(26)24-18-11-13-19(14-12-18)30(28,29)25-21-10-6-5-9-20(21)22(27)23-15-17-7-3-2-4-8-17/h2-14,25H,15H2,1H3,(H,23,27)(H,24,26). The Bertz CT molecular complexity index is 1140. The van der Waals surface area contributed by atoms with E-state index in [1.807, 2.05) is 30.3 Å². The summed E-state index contributed by atoms with van der Waals surface area (Å²) in [5.41, 5.74) is 1.81. The fourth-order valence-electron chi connectivity index (χ4n) is 2.77. The number of anilines is 2. The highest BCUT2D eigenvalue weighted by molar-refractivity contribution is 7.92. The van der Waals surface area contributed by atoms with Gasteiger partial charge in [0.05, 0.1) is 16.1 Å². The SMILES string of the molecule is CC(=O)Nc1ccc(S(=O)(=O)Nc2ccccc2C(=O)NCc2ccccc2)cc1. The molecule has 0 unspecified atom stereocenters. The van der Waals surface area contributed by atoms with Crippen LogP contribution in [0.3, 0.4) is 0 Å². The van der Waals surface area contributed by atoms with Gasteiger partial charge in [0, 0.05) is 19.2 Å². The summed E-state index contributed by atoms with van der Waals surface area (Å²) >= 11 is 0. The number of sulfonamides is 1. The smallest absolute Gasteiger partial charge is 0.261 e. The fraction of sp³-hybridized carbons (Fsp3) is 0.0909. The van der Waals surface area contributed by atoms with Crippen molar-refractivity contribution in [3.05, 3.63) is 90.0 Å². The van der Waals surface area contributed by atoms with Gasteiger partial charge in [-0.05, 0) is 42.0 Å². The van der Waals surface area contributed by atoms with E-state index in [-0.39, 0.29) is 22.1 Å². The molecule has 3 N–H and O–H groups in total. The first kappa shape index (κ1) is 21.1. The molecule has 0 atom stereocenters. The number of para-hydroxylation sites is 1. The van der Waals surface area contributed by atoms with Gasteiger partial charge in [-0.2, -0.15) is 0 Å². The van der Waals surface area contributed by atoms with Gasteiger partial charge in [-0.15, -0.1) is 0 Å². The minimum Gasteiger partial charge on any atom is -0.348 e. The summed E-state index contributed by atoms with van der Waals surface area (Å²) < 4.78 is 28.0. The predicted molar refractivity (Wildman–Crippen MR) is 116 cm³/mol. The maximum atomic E-state index is 12.8. The largest absolute Gasteiger partial charge is 0.348 e. The van der Waals surface area contributed by atoms with Crippen LogP contribution in [0.1, 0.15) is 22.8 Å². The number of amides is 2. The van der Waals surface area contributed by atoms with E-state index >= 15 is 0 Å². The average molecular weight is 423 g/mol. The second-order valence-electron chi connectivity index (χ2n) is 6.52. The van der Waals surface area contributed by atoms with Crippen LogP contribution in [0.5, 0.6) is 0 Å². The molecule has 0 aliphatic rings. The molecular weight excluding hydrogens is 402 g/mol. The van der Waals surface area contributed by atoms with E-state index in [1.165, 1.54) is 37.3 Å². The van der Waals surface area contributed by atoms with Crippen LogP contribution in [0, 0.1) is 0 Å². The summed E-state index contributed by atoms with van der Waals surface area (Å²) in [5, 5.41) is 5.37. The van der Waals surface area contributed by atoms with Crippen molar-refractivity contribution in [2.45, 2.75) is 18.4 Å². The number of rotatable bonds is 7. The number of carbonyl (C=O) groups is 2. The van der Waals surface area contributed by atoms with Crippen molar-refractivity contribution >= 4 is 33.2 Å². The number of carbonyl (C=O) groups excluding carboxylic acids is 2. The van der Waals surface area contributed by atoms with Gasteiger partial charge in [0.15, 0.2) is 0 Å². The summed E-state index contributed by atoms with van der Waals surface area (Å²) in [6.07, 6.45) is 0. The molecule has 3 aromatic carbocycles. The minimum absolute atomic E-state index is 0.0103. The molecule has 30 heavy (non-hydrogen) atoms. The Hall–Kier alpha value is -3.65. The molecule has 0 radical (unpaired) electrons. The Kier molecular flexibility index (Phi) is 6.48. The molecule has 3 rings (SSSR count). The summed E-state index contributed by atoms with van der Waals surface area (Å²) in [4.78, 5) is 23.7. The van der Waals surface area contributed by atoms with Gasteiger partial charge < -0.3 is 10.6 Å². The summed E-state index contributed by atoms with van der Waals surface area (Å²) in [5.74, 6) is -0.641. The first-order valence-corrected chi connectivity index (χ1v) is 10.6. The maximum Gasteiger partial charge on any atom is 0.261 e. The molecule has 0 fully saturated rings. The third kappa shape index (κ3) is 5.45. The van der Waals surface area contributed by atoms with Crippen molar-refractivity contribution in [1.29, 1.82) is 0 Å². The van der Waals surface area contributed by atoms with Gasteiger partial charge in [-0.25, -0.2) is 8.42 Å². The molecule has 0 aliphatic heterocycles. The molecule has 0 bridgehead atoms. The van der Waals surface area contributed by atoms with Gasteiger partial charge >= 0.3 is 0 Å². The van der Waals surface area contributed by atoms with E-state index in [9.17, 15) is 18.0 Å². The van der Waals surface area contributed by atoms with Crippen LogP contribution < -0.4 is 15.4 Å². The molecular formula is C22H21N3O4S. The van der Waals surface area contributed by atoms with Crippen molar-refractivity contribution in [3.63, 3.8) is 0 Å². The van der Waals surface area contributed by atoms with Crippen LogP contribution >= 0.6 is 0 Å². The number of nitrogens with one attached hydrogen (secondary N) is 3. The monoisotopic (exact) mass is 423 g/mol. The molecule has 0 aliphatic carbocycles. The molecule has 0 aromatic heterocycles. The van der Waals surface area contributed by atoms with Crippen molar-refractivity contribution in [2.24, 2.45) is 0 Å². The molecule has 0 saturated heterocycles. The number of hydrogen-bond acceptors (Lipinski definition) is 4. The maximum absolute atomic E-state index is 12.8. The van der Waals surface area contributed by atoms with E-state index in [2.05, 4.69) is 15.4 Å². The van der Waals surface area contributed by atoms with Crippen LogP contribution in [0.15, 0.2) is 83.8 Å². The zero-order valence-corrected chi connectivity index (χ0v) is 17.1. The van der Waals surface area contributed by atoms with Gasteiger partial charge in [0.2, 0.25) is 5.91 Å². The third-order valence-electron chi connectivity index (χ3n) is 4.20. The molecule has 2 amide bonds. The third-order valence-corrected chi connectivity index (χ3v) is 5.58. The Labute approximate surface area is 175 Å². The normalized spacial score (nSPS) is 10.8. The van der Waals surface area contributed by atoms with Crippen LogP contribution in [0.25, 0.3) is 0 Å². The van der Waals surface area contributed by atoms with Crippen LogP contribution in [-0.4, -0.2) is 20.2 Å². The van der Waals surface area contributed by atoms with E-state index in [1.54, 1.807) is 18.2 Å². The van der Waals surface area contributed by atoms with E-state index in [0.717, 1.165) is 5.56 Å². The number of hydrogen-bond donors (Lipinski definition) is 3. The van der Waals surface area contributed by atoms with Gasteiger partial charge in [0.1, 0.15) is 0 Å². The van der Waals surface area contributed by atoms with Crippen LogP contribution in [0.2, 0.25) is 0 Å². The topological polar surface area (TPSA) is 104 Å². The highest BCUT2D eigenvalue weighted by Crippen LogP contribution is 2.21. The minimum atomic E-state index is -3.92. The molecule has 8 heteroatoms. The average Bonchev–Trinajstić information content (AvgIpc) is 2.73. The van der Waals surface area contributed by atoms with E-state index in [0.29, 0.717) is 12.2 Å². The van der Waals surface area contributed by atoms with Gasteiger partial charge in [-0.1, -0.05) is 42.5 Å². The highest BCUT2D eigenvalue weighted by atomic mass is 32.2. The first-order valence-electron chi connectivity index (χ1n) is 9.17. The van der Waals surface area contributed by atoms with Crippen molar-refractivity contribution in [2.75, 3.05) is 10.0 Å². The number of benzene rings is 3. The van der Waals surface area contributed by atoms with Crippen LogP contribution in [-0.2, 0) is 21.4 Å². The van der Waals surface area contributed by atoms with Crippen LogP contribution in [0.4, 0.5) is 11.4 Å². The summed E-state index contributed by atoms with van der Waals surface area (Å²) in [6.45, 7) is 1.69.